The first-order valence-electron chi connectivity index (χ1n) is 11.8. The van der Waals surface area contributed by atoms with Crippen molar-refractivity contribution in [2.75, 3.05) is 43.8 Å². The number of nitrogens with one attached hydrogen (secondary N) is 1. The first kappa shape index (κ1) is 28.7. The van der Waals surface area contributed by atoms with Gasteiger partial charge in [0.05, 0.1) is 48.8 Å². The van der Waals surface area contributed by atoms with Crippen LogP contribution in [0.4, 0.5) is 14.5 Å². The van der Waals surface area contributed by atoms with E-state index < -0.39 is 38.8 Å². The minimum absolute atomic E-state index is 0.129. The molecule has 0 aliphatic carbocycles. The number of nitrogens with zero attached hydrogens (tertiary/aromatic N) is 5. The fourth-order valence-electron chi connectivity index (χ4n) is 3.90. The van der Waals surface area contributed by atoms with Crippen LogP contribution in [0.2, 0.25) is 0 Å². The van der Waals surface area contributed by atoms with Crippen LogP contribution in [0.25, 0.3) is 10.6 Å². The Hall–Kier alpha value is -3.31. The van der Waals surface area contributed by atoms with Crippen molar-refractivity contribution < 1.29 is 36.0 Å². The second kappa shape index (κ2) is 12.7. The number of anilines is 1. The fourth-order valence-corrected chi connectivity index (χ4v) is 5.26. The summed E-state index contributed by atoms with van der Waals surface area (Å²) in [6, 6.07) is 4.53. The molecule has 210 valence electrons. The van der Waals surface area contributed by atoms with Crippen molar-refractivity contribution in [3.63, 3.8) is 0 Å². The Morgan fingerprint density at radius 3 is 2.74 bits per heavy atom. The van der Waals surface area contributed by atoms with E-state index >= 15 is 0 Å². The van der Waals surface area contributed by atoms with Crippen LogP contribution in [0, 0.1) is 0 Å². The van der Waals surface area contributed by atoms with Gasteiger partial charge < -0.3 is 14.8 Å². The van der Waals surface area contributed by atoms with E-state index in [2.05, 4.69) is 20.3 Å². The number of hydrogen-bond donors (Lipinski definition) is 2. The molecule has 2 aromatic heterocycles. The van der Waals surface area contributed by atoms with E-state index in [0.29, 0.717) is 61.5 Å². The van der Waals surface area contributed by atoms with Crippen LogP contribution in [-0.2, 0) is 15.0 Å². The smallest absolute Gasteiger partial charge is 0.364 e. The van der Waals surface area contributed by atoms with Gasteiger partial charge in [0.25, 0.3) is 5.91 Å². The highest BCUT2D eigenvalue weighted by atomic mass is 32.2. The van der Waals surface area contributed by atoms with Gasteiger partial charge in [-0.1, -0.05) is 12.1 Å². The number of thiazole rings is 1. The molecule has 3 heterocycles. The molecule has 1 aliphatic rings. The van der Waals surface area contributed by atoms with Gasteiger partial charge in [-0.3, -0.25) is 19.2 Å². The van der Waals surface area contributed by atoms with Crippen molar-refractivity contribution in [2.45, 2.75) is 19.5 Å². The van der Waals surface area contributed by atoms with E-state index in [9.17, 15) is 26.5 Å². The second-order valence-electron chi connectivity index (χ2n) is 8.29. The molecule has 12 nitrogen and oxygen atoms in total. The molecule has 0 spiro atoms. The molecule has 1 aromatic carbocycles. The van der Waals surface area contributed by atoms with Crippen LogP contribution in [0.1, 0.15) is 28.3 Å². The summed E-state index contributed by atoms with van der Waals surface area (Å²) in [5.41, 5.74) is 0.386. The summed E-state index contributed by atoms with van der Waals surface area (Å²) < 4.78 is 69.9. The van der Waals surface area contributed by atoms with Crippen LogP contribution in [0.3, 0.4) is 0 Å². The zero-order valence-electron chi connectivity index (χ0n) is 20.7. The summed E-state index contributed by atoms with van der Waals surface area (Å²) in [4.78, 5) is 28.5. The van der Waals surface area contributed by atoms with Crippen LogP contribution in [0.5, 0.6) is 5.88 Å². The van der Waals surface area contributed by atoms with Crippen molar-refractivity contribution in [2.24, 2.45) is 0 Å². The maximum absolute atomic E-state index is 13.5. The zero-order chi connectivity index (χ0) is 28.0. The normalized spacial score (nSPS) is 15.2. The molecule has 1 atom stereocenters. The number of benzene rings is 1. The molecule has 1 aliphatic heterocycles. The summed E-state index contributed by atoms with van der Waals surface area (Å²) in [6.45, 7) is 1.15. The highest BCUT2D eigenvalue weighted by molar-refractivity contribution is 7.87. The van der Waals surface area contributed by atoms with Crippen molar-refractivity contribution in [1.82, 2.24) is 25.2 Å². The predicted octanol–water partition coefficient (Wildman–Crippen LogP) is 2.63. The average Bonchev–Trinajstić information content (AvgIpc) is 3.39. The number of carbonyl (C=O) groups is 1. The molecule has 39 heavy (non-hydrogen) atoms. The lowest BCUT2D eigenvalue weighted by molar-refractivity contribution is 0.0332. The number of rotatable bonds is 11. The number of halogens is 2. The van der Waals surface area contributed by atoms with E-state index in [1.807, 2.05) is 11.8 Å². The standard InChI is InChI=1S/C23H26F2N6O6S2/c1-2-37-20-13-26-11-17(28-20)19-12-27-22(38-19)21(32)29-18(14-30-6-8-36-9-7-30)15-4-3-5-16(10-15)31(23(24)25)39(33,34)35/h3-5,10-13,18,23H,2,6-9,14H2,1H3,(H,29,32)(H,33,34,35). The Bertz CT molecular complexity index is 1390. The topological polar surface area (TPSA) is 147 Å². The fraction of sp³-hybridized carbons (Fsp3) is 0.391. The highest BCUT2D eigenvalue weighted by Gasteiger charge is 2.30. The molecule has 16 heteroatoms. The molecule has 0 bridgehead atoms. The maximum Gasteiger partial charge on any atom is 0.364 e. The van der Waals surface area contributed by atoms with Gasteiger partial charge in [-0.2, -0.15) is 21.5 Å². The number of amides is 1. The molecule has 1 fully saturated rings. The maximum atomic E-state index is 13.5. The minimum Gasteiger partial charge on any atom is -0.477 e. The molecule has 1 amide bonds. The predicted molar refractivity (Wildman–Crippen MR) is 138 cm³/mol. The Balaban J connectivity index is 1.60. The van der Waals surface area contributed by atoms with Crippen molar-refractivity contribution in [1.29, 1.82) is 0 Å². The molecule has 1 unspecified atom stereocenters. The van der Waals surface area contributed by atoms with Crippen molar-refractivity contribution in [3.8, 4) is 16.5 Å². The van der Waals surface area contributed by atoms with Gasteiger partial charge in [0.15, 0.2) is 5.01 Å². The van der Waals surface area contributed by atoms with E-state index in [-0.39, 0.29) is 5.01 Å². The zero-order valence-corrected chi connectivity index (χ0v) is 22.4. The monoisotopic (exact) mass is 584 g/mol. The van der Waals surface area contributed by atoms with Gasteiger partial charge in [-0.05, 0) is 24.6 Å². The number of hydrogen-bond acceptors (Lipinski definition) is 10. The summed E-state index contributed by atoms with van der Waals surface area (Å²) >= 11 is 1.08. The van der Waals surface area contributed by atoms with Crippen molar-refractivity contribution >= 4 is 33.2 Å². The molecule has 0 radical (unpaired) electrons. The summed E-state index contributed by atoms with van der Waals surface area (Å²) in [7, 11) is -5.24. The number of aromatic nitrogens is 3. The van der Waals surface area contributed by atoms with Crippen LogP contribution in [0.15, 0.2) is 42.9 Å². The third kappa shape index (κ3) is 7.42. The number of ether oxygens (including phenoxy) is 2. The first-order chi connectivity index (χ1) is 18.7. The Kier molecular flexibility index (Phi) is 9.34. The number of carbonyl (C=O) groups excluding carboxylic acids is 1. The van der Waals surface area contributed by atoms with Gasteiger partial charge in [0.2, 0.25) is 5.88 Å². The van der Waals surface area contributed by atoms with E-state index in [1.165, 1.54) is 30.7 Å². The van der Waals surface area contributed by atoms with E-state index in [1.54, 1.807) is 6.07 Å². The molecule has 1 saturated heterocycles. The van der Waals surface area contributed by atoms with Gasteiger partial charge in [-0.25, -0.2) is 9.97 Å². The molecule has 3 aromatic rings. The largest absolute Gasteiger partial charge is 0.477 e. The first-order valence-corrected chi connectivity index (χ1v) is 14.0. The Labute approximate surface area is 227 Å². The highest BCUT2D eigenvalue weighted by Crippen LogP contribution is 2.28. The second-order valence-corrected chi connectivity index (χ2v) is 10.6. The SMILES string of the molecule is CCOc1cncc(-c2cnc(C(=O)NC(CN3CCOCC3)c3cccc(N(C(F)F)S(=O)(=O)O)c3)s2)n1. The van der Waals surface area contributed by atoms with Gasteiger partial charge in [0, 0.05) is 25.8 Å². The van der Waals surface area contributed by atoms with Gasteiger partial charge >= 0.3 is 16.9 Å². The summed E-state index contributed by atoms with van der Waals surface area (Å²) in [6.07, 6.45) is 4.49. The third-order valence-electron chi connectivity index (χ3n) is 5.66. The van der Waals surface area contributed by atoms with Gasteiger partial charge in [-0.15, -0.1) is 11.3 Å². The van der Waals surface area contributed by atoms with E-state index in [0.717, 1.165) is 17.4 Å². The lowest BCUT2D eigenvalue weighted by Crippen LogP contribution is -2.43. The van der Waals surface area contributed by atoms with E-state index in [4.69, 9.17) is 9.47 Å². The molecular weight excluding hydrogens is 558 g/mol. The lowest BCUT2D eigenvalue weighted by atomic mass is 10.0. The Morgan fingerprint density at radius 1 is 1.28 bits per heavy atom. The lowest BCUT2D eigenvalue weighted by Gasteiger charge is -2.31. The molecule has 0 saturated carbocycles. The minimum atomic E-state index is -5.24. The number of alkyl halides is 2. The molecular formula is C23H26F2N6O6S2. The third-order valence-corrected chi connectivity index (χ3v) is 7.55. The molecule has 2 N–H and O–H groups in total. The van der Waals surface area contributed by atoms with Crippen LogP contribution < -0.4 is 14.4 Å². The number of morpholine rings is 1. The summed E-state index contributed by atoms with van der Waals surface area (Å²) in [5, 5.41) is 3.00. The Morgan fingerprint density at radius 2 is 2.05 bits per heavy atom. The molecule has 4 rings (SSSR count). The average molecular weight is 585 g/mol. The van der Waals surface area contributed by atoms with Crippen molar-refractivity contribution in [3.05, 3.63) is 53.4 Å². The van der Waals surface area contributed by atoms with Crippen LogP contribution >= 0.6 is 11.3 Å². The van der Waals surface area contributed by atoms with Gasteiger partial charge in [0.1, 0.15) is 5.69 Å². The van der Waals surface area contributed by atoms with Crippen LogP contribution in [-0.4, -0.2) is 84.7 Å². The quantitative estimate of drug-likeness (QED) is 0.255. The summed E-state index contributed by atoms with van der Waals surface area (Å²) in [5.74, 6) is -0.188.